The van der Waals surface area contributed by atoms with E-state index in [1.165, 1.54) is 12.1 Å². The van der Waals surface area contributed by atoms with Crippen LogP contribution in [0.4, 0.5) is 10.2 Å². The Morgan fingerprint density at radius 2 is 2.09 bits per heavy atom. The summed E-state index contributed by atoms with van der Waals surface area (Å²) >= 11 is 5.18. The van der Waals surface area contributed by atoms with E-state index in [1.807, 2.05) is 12.3 Å². The van der Waals surface area contributed by atoms with Crippen LogP contribution in [0.2, 0.25) is 0 Å². The van der Waals surface area contributed by atoms with Gasteiger partial charge in [0.25, 0.3) is 0 Å². The standard InChI is InChI=1S/C15H19FN4OS/c1-21-10-2-8-17-15(22)18-14-7-9-20(19-14)11-12-3-5-13(16)6-4-12/h3-7,9H,2,8,10-11H2,1H3,(H2,17,18,19,22). The highest BCUT2D eigenvalue weighted by Crippen LogP contribution is 2.07. The second-order valence-electron chi connectivity index (χ2n) is 4.75. The Labute approximate surface area is 134 Å². The van der Waals surface area contributed by atoms with E-state index in [0.29, 0.717) is 24.1 Å². The maximum Gasteiger partial charge on any atom is 0.171 e. The summed E-state index contributed by atoms with van der Waals surface area (Å²) < 4.78 is 19.6. The van der Waals surface area contributed by atoms with E-state index in [4.69, 9.17) is 17.0 Å². The molecule has 1 heterocycles. The molecule has 0 aliphatic carbocycles. The molecule has 7 heteroatoms. The number of aromatic nitrogens is 2. The zero-order valence-corrected chi connectivity index (χ0v) is 13.2. The fraction of sp³-hybridized carbons (Fsp3) is 0.333. The SMILES string of the molecule is COCCCNC(=S)Nc1ccn(Cc2ccc(F)cc2)n1. The molecule has 5 nitrogen and oxygen atoms in total. The van der Waals surface area contributed by atoms with Crippen LogP contribution in [0.5, 0.6) is 0 Å². The molecule has 0 bridgehead atoms. The van der Waals surface area contributed by atoms with Crippen molar-refractivity contribution in [1.82, 2.24) is 15.1 Å². The van der Waals surface area contributed by atoms with Crippen LogP contribution >= 0.6 is 12.2 Å². The average Bonchev–Trinajstić information content (AvgIpc) is 2.93. The Balaban J connectivity index is 1.80. The molecule has 0 spiro atoms. The Morgan fingerprint density at radius 3 is 2.82 bits per heavy atom. The molecular weight excluding hydrogens is 303 g/mol. The van der Waals surface area contributed by atoms with Crippen molar-refractivity contribution in [3.8, 4) is 0 Å². The van der Waals surface area contributed by atoms with Gasteiger partial charge in [-0.1, -0.05) is 12.1 Å². The first kappa shape index (κ1) is 16.4. The second kappa shape index (κ2) is 8.45. The topological polar surface area (TPSA) is 51.1 Å². The molecule has 118 valence electrons. The summed E-state index contributed by atoms with van der Waals surface area (Å²) in [5.41, 5.74) is 0.983. The summed E-state index contributed by atoms with van der Waals surface area (Å²) in [6.45, 7) is 2.02. The van der Waals surface area contributed by atoms with Crippen molar-refractivity contribution in [3.63, 3.8) is 0 Å². The van der Waals surface area contributed by atoms with Gasteiger partial charge in [0.2, 0.25) is 0 Å². The first-order chi connectivity index (χ1) is 10.7. The van der Waals surface area contributed by atoms with Crippen molar-refractivity contribution < 1.29 is 9.13 Å². The number of benzene rings is 1. The molecule has 2 aromatic rings. The maximum atomic E-state index is 12.9. The number of hydrogen-bond acceptors (Lipinski definition) is 3. The molecule has 0 atom stereocenters. The van der Waals surface area contributed by atoms with Gasteiger partial charge in [-0.3, -0.25) is 4.68 Å². The lowest BCUT2D eigenvalue weighted by Gasteiger charge is -2.08. The summed E-state index contributed by atoms with van der Waals surface area (Å²) in [6, 6.07) is 8.21. The third-order valence-electron chi connectivity index (χ3n) is 2.95. The summed E-state index contributed by atoms with van der Waals surface area (Å²) in [7, 11) is 1.67. The molecule has 0 amide bonds. The molecule has 0 fully saturated rings. The predicted octanol–water partition coefficient (Wildman–Crippen LogP) is 2.39. The van der Waals surface area contributed by atoms with Gasteiger partial charge in [0.1, 0.15) is 5.82 Å². The Hall–Kier alpha value is -1.99. The zero-order valence-electron chi connectivity index (χ0n) is 12.4. The van der Waals surface area contributed by atoms with Crippen LogP contribution in [-0.2, 0) is 11.3 Å². The Kier molecular flexibility index (Phi) is 6.29. The number of anilines is 1. The van der Waals surface area contributed by atoms with Crippen LogP contribution in [0.25, 0.3) is 0 Å². The minimum Gasteiger partial charge on any atom is -0.385 e. The van der Waals surface area contributed by atoms with Crippen LogP contribution in [-0.4, -0.2) is 35.2 Å². The molecule has 0 aliphatic heterocycles. The fourth-order valence-electron chi connectivity index (χ4n) is 1.87. The van der Waals surface area contributed by atoms with Crippen LogP contribution < -0.4 is 10.6 Å². The number of ether oxygens (including phenoxy) is 1. The number of methoxy groups -OCH3 is 1. The van der Waals surface area contributed by atoms with Crippen molar-refractivity contribution in [2.75, 3.05) is 25.6 Å². The highest BCUT2D eigenvalue weighted by molar-refractivity contribution is 7.80. The van der Waals surface area contributed by atoms with Crippen molar-refractivity contribution in [3.05, 3.63) is 47.9 Å². The van der Waals surface area contributed by atoms with Gasteiger partial charge in [0.05, 0.1) is 6.54 Å². The molecule has 2 N–H and O–H groups in total. The smallest absolute Gasteiger partial charge is 0.171 e. The van der Waals surface area contributed by atoms with E-state index in [9.17, 15) is 4.39 Å². The summed E-state index contributed by atoms with van der Waals surface area (Å²) in [6.07, 6.45) is 2.73. The summed E-state index contributed by atoms with van der Waals surface area (Å²) in [5.74, 6) is 0.433. The lowest BCUT2D eigenvalue weighted by molar-refractivity contribution is 0.196. The molecule has 1 aromatic heterocycles. The lowest BCUT2D eigenvalue weighted by Crippen LogP contribution is -2.30. The van der Waals surface area contributed by atoms with E-state index < -0.39 is 0 Å². The maximum absolute atomic E-state index is 12.9. The van der Waals surface area contributed by atoms with Crippen LogP contribution in [0, 0.1) is 5.82 Å². The largest absolute Gasteiger partial charge is 0.385 e. The van der Waals surface area contributed by atoms with Crippen LogP contribution in [0.1, 0.15) is 12.0 Å². The van der Waals surface area contributed by atoms with E-state index in [-0.39, 0.29) is 5.82 Å². The van der Waals surface area contributed by atoms with Gasteiger partial charge in [-0.05, 0) is 36.3 Å². The zero-order chi connectivity index (χ0) is 15.8. The van der Waals surface area contributed by atoms with Gasteiger partial charge < -0.3 is 15.4 Å². The van der Waals surface area contributed by atoms with E-state index >= 15 is 0 Å². The quantitative estimate of drug-likeness (QED) is 0.605. The van der Waals surface area contributed by atoms with Gasteiger partial charge in [-0.2, -0.15) is 5.10 Å². The van der Waals surface area contributed by atoms with Crippen molar-refractivity contribution in [2.45, 2.75) is 13.0 Å². The van der Waals surface area contributed by atoms with Crippen molar-refractivity contribution in [1.29, 1.82) is 0 Å². The second-order valence-corrected chi connectivity index (χ2v) is 5.16. The van der Waals surface area contributed by atoms with E-state index in [1.54, 1.807) is 23.9 Å². The number of nitrogens with one attached hydrogen (secondary N) is 2. The normalized spacial score (nSPS) is 10.5. The lowest BCUT2D eigenvalue weighted by atomic mass is 10.2. The first-order valence-corrected chi connectivity index (χ1v) is 7.40. The molecule has 22 heavy (non-hydrogen) atoms. The summed E-state index contributed by atoms with van der Waals surface area (Å²) in [5, 5.41) is 11.0. The van der Waals surface area contributed by atoms with Gasteiger partial charge in [0, 0.05) is 32.5 Å². The van der Waals surface area contributed by atoms with Crippen molar-refractivity contribution in [2.24, 2.45) is 0 Å². The van der Waals surface area contributed by atoms with Gasteiger partial charge >= 0.3 is 0 Å². The highest BCUT2D eigenvalue weighted by Gasteiger charge is 2.02. The number of nitrogens with zero attached hydrogens (tertiary/aromatic N) is 2. The first-order valence-electron chi connectivity index (χ1n) is 6.99. The number of halogens is 1. The molecule has 1 aromatic carbocycles. The van der Waals surface area contributed by atoms with Crippen LogP contribution in [0.3, 0.4) is 0 Å². The average molecular weight is 322 g/mol. The monoisotopic (exact) mass is 322 g/mol. The Bertz CT molecular complexity index is 600. The molecule has 0 aliphatic rings. The minimum atomic E-state index is -0.239. The number of rotatable bonds is 7. The van der Waals surface area contributed by atoms with Crippen LogP contribution in [0.15, 0.2) is 36.5 Å². The Morgan fingerprint density at radius 1 is 1.32 bits per heavy atom. The number of hydrogen-bond donors (Lipinski definition) is 2. The third kappa shape index (κ3) is 5.42. The van der Waals surface area contributed by atoms with Gasteiger partial charge in [-0.15, -0.1) is 0 Å². The molecular formula is C15H19FN4OS. The molecule has 2 rings (SSSR count). The summed E-state index contributed by atoms with van der Waals surface area (Å²) in [4.78, 5) is 0. The van der Waals surface area contributed by atoms with E-state index in [2.05, 4.69) is 15.7 Å². The molecule has 0 saturated heterocycles. The molecule has 0 saturated carbocycles. The third-order valence-corrected chi connectivity index (χ3v) is 3.20. The molecule has 0 radical (unpaired) electrons. The molecule has 0 unspecified atom stereocenters. The van der Waals surface area contributed by atoms with Gasteiger partial charge in [-0.25, -0.2) is 4.39 Å². The fourth-order valence-corrected chi connectivity index (χ4v) is 2.08. The minimum absolute atomic E-state index is 0.239. The van der Waals surface area contributed by atoms with Crippen molar-refractivity contribution >= 4 is 23.1 Å². The predicted molar refractivity (Wildman–Crippen MR) is 88.4 cm³/mol. The van der Waals surface area contributed by atoms with Gasteiger partial charge in [0.15, 0.2) is 10.9 Å². The van der Waals surface area contributed by atoms with E-state index in [0.717, 1.165) is 18.5 Å². The highest BCUT2D eigenvalue weighted by atomic mass is 32.1. The number of thiocarbonyl (C=S) groups is 1.